The molecule has 0 saturated carbocycles. The number of nitrogens with one attached hydrogen (secondary N) is 1. The van der Waals surface area contributed by atoms with E-state index in [1.54, 1.807) is 12.1 Å². The second kappa shape index (κ2) is 8.93. The molecule has 0 heterocycles. The Bertz CT molecular complexity index is 626. The van der Waals surface area contributed by atoms with E-state index in [2.05, 4.69) is 12.2 Å². The second-order valence-corrected chi connectivity index (χ2v) is 5.41. The molecule has 0 saturated heterocycles. The van der Waals surface area contributed by atoms with E-state index in [9.17, 15) is 9.18 Å². The summed E-state index contributed by atoms with van der Waals surface area (Å²) < 4.78 is 18.6. The van der Waals surface area contributed by atoms with Gasteiger partial charge in [-0.2, -0.15) is 0 Å². The van der Waals surface area contributed by atoms with Crippen LogP contribution < -0.4 is 10.1 Å². The van der Waals surface area contributed by atoms with Crippen LogP contribution in [0.25, 0.3) is 0 Å². The molecular formula is C19H22FNO2. The molecule has 2 aromatic rings. The van der Waals surface area contributed by atoms with Gasteiger partial charge in [-0.1, -0.05) is 25.5 Å². The van der Waals surface area contributed by atoms with Crippen LogP contribution in [0.2, 0.25) is 0 Å². The fourth-order valence-electron chi connectivity index (χ4n) is 2.15. The van der Waals surface area contributed by atoms with Crippen molar-refractivity contribution in [3.8, 4) is 11.5 Å². The number of halogens is 1. The maximum Gasteiger partial charge on any atom is 0.220 e. The highest BCUT2D eigenvalue weighted by atomic mass is 19.1. The largest absolute Gasteiger partial charge is 0.457 e. The number of amides is 1. The van der Waals surface area contributed by atoms with Crippen LogP contribution in [0.3, 0.4) is 0 Å². The Hall–Kier alpha value is -2.36. The van der Waals surface area contributed by atoms with E-state index in [1.165, 1.54) is 12.1 Å². The third kappa shape index (κ3) is 6.10. The van der Waals surface area contributed by atoms with E-state index in [4.69, 9.17) is 4.74 Å². The number of hydrogen-bond acceptors (Lipinski definition) is 2. The van der Waals surface area contributed by atoms with Crippen molar-refractivity contribution in [3.05, 3.63) is 59.9 Å². The van der Waals surface area contributed by atoms with Crippen molar-refractivity contribution in [2.45, 2.75) is 32.6 Å². The molecule has 0 aliphatic carbocycles. The van der Waals surface area contributed by atoms with Crippen molar-refractivity contribution in [2.24, 2.45) is 0 Å². The summed E-state index contributed by atoms with van der Waals surface area (Å²) in [7, 11) is 0. The first-order chi connectivity index (χ1) is 11.2. The van der Waals surface area contributed by atoms with Crippen LogP contribution in [-0.4, -0.2) is 12.5 Å². The monoisotopic (exact) mass is 315 g/mol. The molecule has 1 N–H and O–H groups in total. The molecule has 0 aliphatic rings. The molecule has 0 radical (unpaired) electrons. The van der Waals surface area contributed by atoms with Crippen molar-refractivity contribution in [3.63, 3.8) is 0 Å². The van der Waals surface area contributed by atoms with Crippen LogP contribution in [0.4, 0.5) is 4.39 Å². The molecule has 0 spiro atoms. The first-order valence-corrected chi connectivity index (χ1v) is 7.96. The summed E-state index contributed by atoms with van der Waals surface area (Å²) in [5.74, 6) is 1.05. The molecule has 1 amide bonds. The van der Waals surface area contributed by atoms with Crippen LogP contribution in [0.15, 0.2) is 48.5 Å². The average Bonchev–Trinajstić information content (AvgIpc) is 2.56. The van der Waals surface area contributed by atoms with Gasteiger partial charge in [0.25, 0.3) is 0 Å². The third-order valence-corrected chi connectivity index (χ3v) is 3.44. The van der Waals surface area contributed by atoms with Crippen molar-refractivity contribution in [1.29, 1.82) is 0 Å². The zero-order valence-electron chi connectivity index (χ0n) is 13.3. The lowest BCUT2D eigenvalue weighted by Crippen LogP contribution is -2.24. The molecule has 2 rings (SSSR count). The average molecular weight is 315 g/mol. The Morgan fingerprint density at radius 3 is 2.65 bits per heavy atom. The minimum absolute atomic E-state index is 0.0725. The fourth-order valence-corrected chi connectivity index (χ4v) is 2.15. The Kier molecular flexibility index (Phi) is 6.60. The Morgan fingerprint density at radius 2 is 1.91 bits per heavy atom. The number of unbranched alkanes of at least 4 members (excludes halogenated alkanes) is 1. The quantitative estimate of drug-likeness (QED) is 0.730. The zero-order chi connectivity index (χ0) is 16.5. The van der Waals surface area contributed by atoms with Crippen molar-refractivity contribution in [2.75, 3.05) is 6.54 Å². The van der Waals surface area contributed by atoms with Crippen LogP contribution in [0.5, 0.6) is 11.5 Å². The SMILES string of the molecule is CCCCNC(=O)CCc1cccc(Oc2ccc(F)cc2)c1. The molecule has 122 valence electrons. The van der Waals surface area contributed by atoms with Gasteiger partial charge in [0.05, 0.1) is 0 Å². The highest BCUT2D eigenvalue weighted by molar-refractivity contribution is 5.76. The summed E-state index contributed by atoms with van der Waals surface area (Å²) >= 11 is 0. The normalized spacial score (nSPS) is 10.3. The molecule has 0 fully saturated rings. The summed E-state index contributed by atoms with van der Waals surface area (Å²) in [6.45, 7) is 2.84. The minimum Gasteiger partial charge on any atom is -0.457 e. The number of rotatable bonds is 8. The van der Waals surface area contributed by atoms with Gasteiger partial charge in [0.2, 0.25) is 5.91 Å². The van der Waals surface area contributed by atoms with E-state index in [0.717, 1.165) is 24.9 Å². The summed E-state index contributed by atoms with van der Waals surface area (Å²) in [5.41, 5.74) is 1.04. The van der Waals surface area contributed by atoms with Crippen LogP contribution in [-0.2, 0) is 11.2 Å². The Labute approximate surface area is 136 Å². The van der Waals surface area contributed by atoms with E-state index >= 15 is 0 Å². The number of ether oxygens (including phenoxy) is 1. The lowest BCUT2D eigenvalue weighted by molar-refractivity contribution is -0.121. The summed E-state index contributed by atoms with van der Waals surface area (Å²) in [4.78, 5) is 11.7. The van der Waals surface area contributed by atoms with Gasteiger partial charge in [0.1, 0.15) is 17.3 Å². The molecule has 2 aromatic carbocycles. The maximum absolute atomic E-state index is 12.9. The fraction of sp³-hybridized carbons (Fsp3) is 0.316. The molecular weight excluding hydrogens is 293 g/mol. The van der Waals surface area contributed by atoms with E-state index in [-0.39, 0.29) is 11.7 Å². The smallest absolute Gasteiger partial charge is 0.220 e. The first kappa shape index (κ1) is 17.0. The topological polar surface area (TPSA) is 38.3 Å². The van der Waals surface area contributed by atoms with E-state index in [1.807, 2.05) is 24.3 Å². The molecule has 23 heavy (non-hydrogen) atoms. The van der Waals surface area contributed by atoms with Gasteiger partial charge in [-0.15, -0.1) is 0 Å². The minimum atomic E-state index is -0.291. The summed E-state index contributed by atoms with van der Waals surface area (Å²) in [5, 5.41) is 2.91. The molecule has 4 heteroatoms. The van der Waals surface area contributed by atoms with Gasteiger partial charge >= 0.3 is 0 Å². The second-order valence-electron chi connectivity index (χ2n) is 5.41. The molecule has 0 aromatic heterocycles. The van der Waals surface area contributed by atoms with Crippen LogP contribution in [0, 0.1) is 5.82 Å². The van der Waals surface area contributed by atoms with Gasteiger partial charge in [-0.05, 0) is 54.8 Å². The number of hydrogen-bond donors (Lipinski definition) is 1. The van der Waals surface area contributed by atoms with Gasteiger partial charge in [0, 0.05) is 13.0 Å². The molecule has 3 nitrogen and oxygen atoms in total. The summed E-state index contributed by atoms with van der Waals surface area (Å²) in [6, 6.07) is 13.5. The lowest BCUT2D eigenvalue weighted by Gasteiger charge is -2.08. The number of aryl methyl sites for hydroxylation is 1. The number of benzene rings is 2. The number of carbonyl (C=O) groups excluding carboxylic acids is 1. The molecule has 0 atom stereocenters. The van der Waals surface area contributed by atoms with Crippen LogP contribution >= 0.6 is 0 Å². The first-order valence-electron chi connectivity index (χ1n) is 7.96. The molecule has 0 unspecified atom stereocenters. The van der Waals surface area contributed by atoms with E-state index < -0.39 is 0 Å². The lowest BCUT2D eigenvalue weighted by atomic mass is 10.1. The van der Waals surface area contributed by atoms with Crippen molar-refractivity contribution >= 4 is 5.91 Å². The van der Waals surface area contributed by atoms with Crippen LogP contribution in [0.1, 0.15) is 31.7 Å². The van der Waals surface area contributed by atoms with Crippen molar-refractivity contribution in [1.82, 2.24) is 5.32 Å². The van der Waals surface area contributed by atoms with E-state index in [0.29, 0.717) is 24.3 Å². The van der Waals surface area contributed by atoms with Gasteiger partial charge in [-0.3, -0.25) is 4.79 Å². The predicted octanol–water partition coefficient (Wildman–Crippen LogP) is 4.47. The third-order valence-electron chi connectivity index (χ3n) is 3.44. The van der Waals surface area contributed by atoms with Gasteiger partial charge in [0.15, 0.2) is 0 Å². The maximum atomic E-state index is 12.9. The molecule has 0 aliphatic heterocycles. The highest BCUT2D eigenvalue weighted by Gasteiger charge is 2.04. The highest BCUT2D eigenvalue weighted by Crippen LogP contribution is 2.22. The summed E-state index contributed by atoms with van der Waals surface area (Å²) in [6.07, 6.45) is 3.21. The Morgan fingerprint density at radius 1 is 1.13 bits per heavy atom. The van der Waals surface area contributed by atoms with Gasteiger partial charge in [-0.25, -0.2) is 4.39 Å². The predicted molar refractivity (Wildman–Crippen MR) is 89.2 cm³/mol. The molecule has 0 bridgehead atoms. The Balaban J connectivity index is 1.87. The van der Waals surface area contributed by atoms with Crippen molar-refractivity contribution < 1.29 is 13.9 Å². The van der Waals surface area contributed by atoms with Gasteiger partial charge < -0.3 is 10.1 Å². The zero-order valence-corrected chi connectivity index (χ0v) is 13.3. The number of carbonyl (C=O) groups is 1. The standard InChI is InChI=1S/C19H22FNO2/c1-2-3-13-21-19(22)12-7-15-5-4-6-18(14-15)23-17-10-8-16(20)9-11-17/h4-6,8-11,14H,2-3,7,12-13H2,1H3,(H,21,22).